The molecule has 0 aromatic heterocycles. The molecule has 3 rings (SSSR count). The highest BCUT2D eigenvalue weighted by Crippen LogP contribution is 2.28. The smallest absolute Gasteiger partial charge is 0.243 e. The monoisotopic (exact) mass is 438 g/mol. The number of nitrogens with one attached hydrogen (secondary N) is 1. The van der Waals surface area contributed by atoms with Gasteiger partial charge >= 0.3 is 0 Å². The summed E-state index contributed by atoms with van der Waals surface area (Å²) in [6.07, 6.45) is 1.02. The fourth-order valence-corrected chi connectivity index (χ4v) is 5.05. The van der Waals surface area contributed by atoms with E-state index < -0.39 is 33.5 Å². The van der Waals surface area contributed by atoms with Crippen LogP contribution in [0, 0.1) is 24.5 Å². The number of piperidine rings is 1. The van der Waals surface area contributed by atoms with Crippen molar-refractivity contribution in [2.45, 2.75) is 31.6 Å². The van der Waals surface area contributed by atoms with E-state index in [1.807, 2.05) is 6.92 Å². The largest absolute Gasteiger partial charge is 0.494 e. The number of carbonyl (C=O) groups is 1. The molecule has 6 nitrogen and oxygen atoms in total. The van der Waals surface area contributed by atoms with E-state index in [-0.39, 0.29) is 17.1 Å². The Labute approximate surface area is 174 Å². The maximum Gasteiger partial charge on any atom is 0.243 e. The third kappa shape index (κ3) is 4.79. The molecule has 0 radical (unpaired) electrons. The molecule has 1 unspecified atom stereocenters. The Balaban J connectivity index is 1.73. The summed E-state index contributed by atoms with van der Waals surface area (Å²) < 4.78 is 59.3. The van der Waals surface area contributed by atoms with Crippen molar-refractivity contribution in [2.24, 2.45) is 5.92 Å². The lowest BCUT2D eigenvalue weighted by molar-refractivity contribution is -0.120. The molecule has 1 aliphatic heterocycles. The molecule has 2 aromatic carbocycles. The van der Waals surface area contributed by atoms with Crippen LogP contribution in [0.15, 0.2) is 41.3 Å². The lowest BCUT2D eigenvalue weighted by atomic mass is 9.98. The maximum absolute atomic E-state index is 13.4. The Morgan fingerprint density at radius 1 is 1.20 bits per heavy atom. The van der Waals surface area contributed by atoms with E-state index in [1.54, 1.807) is 19.1 Å². The second-order valence-electron chi connectivity index (χ2n) is 7.18. The minimum absolute atomic E-state index is 0.0180. The first-order valence-electron chi connectivity index (χ1n) is 9.72. The number of nitrogens with zero attached hydrogens (tertiary/aromatic N) is 1. The minimum Gasteiger partial charge on any atom is -0.494 e. The highest BCUT2D eigenvalue weighted by atomic mass is 32.2. The van der Waals surface area contributed by atoms with Crippen molar-refractivity contribution in [2.75, 3.05) is 25.0 Å². The predicted octanol–water partition coefficient (Wildman–Crippen LogP) is 3.71. The summed E-state index contributed by atoms with van der Waals surface area (Å²) in [7, 11) is -3.78. The van der Waals surface area contributed by atoms with Gasteiger partial charge in [0.05, 0.1) is 17.4 Å². The number of ether oxygens (including phenoxy) is 1. The molecule has 1 heterocycles. The lowest BCUT2D eigenvalue weighted by Crippen LogP contribution is -2.43. The molecule has 0 saturated carbocycles. The molecule has 1 saturated heterocycles. The molecule has 1 amide bonds. The summed E-state index contributed by atoms with van der Waals surface area (Å²) >= 11 is 0. The number of aryl methyl sites for hydroxylation is 1. The fraction of sp³-hybridized carbons (Fsp3) is 0.381. The van der Waals surface area contributed by atoms with Crippen LogP contribution in [-0.2, 0) is 14.8 Å². The van der Waals surface area contributed by atoms with Gasteiger partial charge in [-0.25, -0.2) is 17.2 Å². The topological polar surface area (TPSA) is 75.7 Å². The molecule has 1 fully saturated rings. The molecule has 0 bridgehead atoms. The zero-order chi connectivity index (χ0) is 21.9. The van der Waals surface area contributed by atoms with Gasteiger partial charge in [0.2, 0.25) is 15.9 Å². The number of sulfonamides is 1. The number of amides is 1. The van der Waals surface area contributed by atoms with Gasteiger partial charge in [0, 0.05) is 24.8 Å². The minimum atomic E-state index is -3.78. The number of hydrogen-bond donors (Lipinski definition) is 1. The number of carbonyl (C=O) groups excluding carboxylic acids is 1. The van der Waals surface area contributed by atoms with E-state index in [0.717, 1.165) is 12.1 Å². The lowest BCUT2D eigenvalue weighted by Gasteiger charge is -2.31. The third-order valence-electron chi connectivity index (χ3n) is 5.03. The molecular formula is C21H24F2N2O4S. The molecule has 1 N–H and O–H groups in total. The van der Waals surface area contributed by atoms with Crippen LogP contribution in [0.2, 0.25) is 0 Å². The Hall–Kier alpha value is -2.52. The van der Waals surface area contributed by atoms with Crippen LogP contribution in [-0.4, -0.2) is 38.3 Å². The molecule has 0 aliphatic carbocycles. The van der Waals surface area contributed by atoms with E-state index >= 15 is 0 Å². The summed E-state index contributed by atoms with van der Waals surface area (Å²) in [6.45, 7) is 4.43. The van der Waals surface area contributed by atoms with Crippen LogP contribution in [0.5, 0.6) is 5.75 Å². The second kappa shape index (κ2) is 9.09. The normalized spacial score (nSPS) is 17.5. The number of anilines is 1. The van der Waals surface area contributed by atoms with Crippen molar-refractivity contribution >= 4 is 21.6 Å². The van der Waals surface area contributed by atoms with Crippen LogP contribution >= 0.6 is 0 Å². The number of rotatable bonds is 6. The highest BCUT2D eigenvalue weighted by Gasteiger charge is 2.33. The van der Waals surface area contributed by atoms with Crippen molar-refractivity contribution in [1.29, 1.82) is 0 Å². The molecular weight excluding hydrogens is 414 g/mol. The van der Waals surface area contributed by atoms with Crippen molar-refractivity contribution in [3.63, 3.8) is 0 Å². The van der Waals surface area contributed by atoms with Crippen LogP contribution < -0.4 is 10.1 Å². The zero-order valence-electron chi connectivity index (χ0n) is 16.8. The van der Waals surface area contributed by atoms with Crippen molar-refractivity contribution in [3.05, 3.63) is 53.6 Å². The van der Waals surface area contributed by atoms with Crippen LogP contribution in [0.3, 0.4) is 0 Å². The summed E-state index contributed by atoms with van der Waals surface area (Å²) in [5, 5.41) is 2.54. The van der Waals surface area contributed by atoms with Gasteiger partial charge in [0.15, 0.2) is 11.6 Å². The third-order valence-corrected chi connectivity index (χ3v) is 6.89. The Kier molecular flexibility index (Phi) is 6.72. The number of benzene rings is 2. The fourth-order valence-electron chi connectivity index (χ4n) is 3.44. The quantitative estimate of drug-likeness (QED) is 0.746. The van der Waals surface area contributed by atoms with E-state index in [0.29, 0.717) is 37.3 Å². The molecule has 9 heteroatoms. The van der Waals surface area contributed by atoms with Gasteiger partial charge in [-0.05, 0) is 62.6 Å². The Morgan fingerprint density at radius 3 is 2.63 bits per heavy atom. The van der Waals surface area contributed by atoms with Gasteiger partial charge in [0.25, 0.3) is 0 Å². The SMILES string of the molecule is CCOc1ccc(S(=O)(=O)N2CCCC(C(=O)Nc3ccc(F)c(F)c3)C2)cc1C. The van der Waals surface area contributed by atoms with Crippen LogP contribution in [0.25, 0.3) is 0 Å². The Morgan fingerprint density at radius 2 is 1.97 bits per heavy atom. The number of hydrogen-bond acceptors (Lipinski definition) is 4. The highest BCUT2D eigenvalue weighted by molar-refractivity contribution is 7.89. The Bertz CT molecular complexity index is 1040. The van der Waals surface area contributed by atoms with Gasteiger partial charge in [-0.3, -0.25) is 4.79 Å². The summed E-state index contributed by atoms with van der Waals surface area (Å²) in [5.41, 5.74) is 0.837. The molecule has 0 spiro atoms. The van der Waals surface area contributed by atoms with Gasteiger partial charge in [0.1, 0.15) is 5.75 Å². The summed E-state index contributed by atoms with van der Waals surface area (Å²) in [4.78, 5) is 12.7. The number of halogens is 2. The zero-order valence-corrected chi connectivity index (χ0v) is 17.6. The van der Waals surface area contributed by atoms with Crippen molar-refractivity contribution in [3.8, 4) is 5.75 Å². The van der Waals surface area contributed by atoms with Crippen molar-refractivity contribution in [1.82, 2.24) is 4.31 Å². The first-order chi connectivity index (χ1) is 14.2. The standard InChI is InChI=1S/C21H24F2N2O4S/c1-3-29-20-9-7-17(11-14(20)2)30(27,28)25-10-4-5-15(13-25)21(26)24-16-6-8-18(22)19(23)12-16/h6-9,11-12,15H,3-5,10,13H2,1-2H3,(H,24,26). The first kappa shape index (κ1) is 22.2. The molecule has 162 valence electrons. The van der Waals surface area contributed by atoms with E-state index in [9.17, 15) is 22.0 Å². The first-order valence-corrected chi connectivity index (χ1v) is 11.2. The predicted molar refractivity (Wildman–Crippen MR) is 109 cm³/mol. The van der Waals surface area contributed by atoms with Crippen LogP contribution in [0.1, 0.15) is 25.3 Å². The molecule has 1 atom stereocenters. The van der Waals surface area contributed by atoms with E-state index in [4.69, 9.17) is 4.74 Å². The molecule has 1 aliphatic rings. The second-order valence-corrected chi connectivity index (χ2v) is 9.12. The van der Waals surface area contributed by atoms with Gasteiger partial charge < -0.3 is 10.1 Å². The maximum atomic E-state index is 13.4. The van der Waals surface area contributed by atoms with Gasteiger partial charge in [-0.15, -0.1) is 0 Å². The van der Waals surface area contributed by atoms with Crippen molar-refractivity contribution < 1.29 is 26.7 Å². The van der Waals surface area contributed by atoms with Crippen LogP contribution in [0.4, 0.5) is 14.5 Å². The molecule has 2 aromatic rings. The average Bonchev–Trinajstić information content (AvgIpc) is 2.72. The average molecular weight is 438 g/mol. The van der Waals surface area contributed by atoms with E-state index in [2.05, 4.69) is 5.32 Å². The summed E-state index contributed by atoms with van der Waals surface area (Å²) in [6, 6.07) is 7.77. The molecule has 30 heavy (non-hydrogen) atoms. The summed E-state index contributed by atoms with van der Waals surface area (Å²) in [5.74, 6) is -2.46. The van der Waals surface area contributed by atoms with Gasteiger partial charge in [-0.1, -0.05) is 0 Å². The van der Waals surface area contributed by atoms with Gasteiger partial charge in [-0.2, -0.15) is 4.31 Å². The van der Waals surface area contributed by atoms with E-state index in [1.165, 1.54) is 16.4 Å².